The van der Waals surface area contributed by atoms with Gasteiger partial charge in [-0.15, -0.1) is 0 Å². The van der Waals surface area contributed by atoms with Crippen LogP contribution in [0.25, 0.3) is 11.3 Å². The third-order valence-corrected chi connectivity index (χ3v) is 3.54. The van der Waals surface area contributed by atoms with Crippen molar-refractivity contribution in [2.45, 2.75) is 13.8 Å². The van der Waals surface area contributed by atoms with Crippen molar-refractivity contribution in [2.75, 3.05) is 10.6 Å². The lowest BCUT2D eigenvalue weighted by Gasteiger charge is -2.09. The number of nitrogens with one attached hydrogen (secondary N) is 3. The Kier molecular flexibility index (Phi) is 4.61. The van der Waals surface area contributed by atoms with Gasteiger partial charge in [0.05, 0.1) is 5.69 Å². The Hall–Kier alpha value is -3.41. The molecule has 0 unspecified atom stereocenters. The first-order valence-electron chi connectivity index (χ1n) is 7.85. The lowest BCUT2D eigenvalue weighted by molar-refractivity contribution is -0.111. The molecule has 1 aromatic carbocycles. The van der Waals surface area contributed by atoms with Gasteiger partial charge in [-0.05, 0) is 49.8 Å². The molecule has 25 heavy (non-hydrogen) atoms. The molecule has 2 heterocycles. The van der Waals surface area contributed by atoms with E-state index >= 15 is 0 Å². The second-order valence-corrected chi connectivity index (χ2v) is 5.75. The largest absolute Gasteiger partial charge is 0.323 e. The molecule has 0 saturated heterocycles. The molecule has 3 aromatic rings. The molecule has 126 valence electrons. The van der Waals surface area contributed by atoms with E-state index in [2.05, 4.69) is 32.4 Å². The molecule has 0 saturated carbocycles. The van der Waals surface area contributed by atoms with Gasteiger partial charge in [0.15, 0.2) is 5.82 Å². The number of H-pyrrole nitrogens is 1. The minimum atomic E-state index is -0.245. The molecule has 0 bridgehead atoms. The summed E-state index contributed by atoms with van der Waals surface area (Å²) in [6.45, 7) is 7.41. The average molecular weight is 333 g/mol. The second kappa shape index (κ2) is 7.00. The van der Waals surface area contributed by atoms with Crippen LogP contribution in [0.1, 0.15) is 11.3 Å². The fourth-order valence-corrected chi connectivity index (χ4v) is 2.44. The molecule has 3 N–H and O–H groups in total. The molecule has 6 nitrogen and oxygen atoms in total. The summed E-state index contributed by atoms with van der Waals surface area (Å²) in [6.07, 6.45) is 1.24. The Morgan fingerprint density at radius 1 is 1.16 bits per heavy atom. The van der Waals surface area contributed by atoms with Crippen LogP contribution in [0, 0.1) is 13.8 Å². The molecule has 1 amide bonds. The summed E-state index contributed by atoms with van der Waals surface area (Å²) in [7, 11) is 0. The average Bonchev–Trinajstić information content (AvgIpc) is 2.99. The summed E-state index contributed by atoms with van der Waals surface area (Å²) < 4.78 is 0. The van der Waals surface area contributed by atoms with Crippen molar-refractivity contribution >= 4 is 23.2 Å². The Balaban J connectivity index is 1.90. The highest BCUT2D eigenvalue weighted by molar-refractivity contribution is 5.99. The van der Waals surface area contributed by atoms with Gasteiger partial charge >= 0.3 is 0 Å². The van der Waals surface area contributed by atoms with Crippen LogP contribution in [0.3, 0.4) is 0 Å². The first kappa shape index (κ1) is 16.4. The van der Waals surface area contributed by atoms with E-state index in [-0.39, 0.29) is 5.91 Å². The van der Waals surface area contributed by atoms with Gasteiger partial charge < -0.3 is 10.6 Å². The fourth-order valence-electron chi connectivity index (χ4n) is 2.44. The molecule has 0 aliphatic rings. The van der Waals surface area contributed by atoms with Gasteiger partial charge in [-0.1, -0.05) is 18.7 Å². The maximum absolute atomic E-state index is 11.5. The minimum absolute atomic E-state index is 0.245. The fraction of sp³-hybridized carbons (Fsp3) is 0.105. The number of nitrogens with zero attached hydrogens (tertiary/aromatic N) is 2. The Morgan fingerprint density at radius 2 is 2.00 bits per heavy atom. The SMILES string of the molecule is C=CC(=O)Nc1cccc(-c2cc(C)cc(Nc3cc(C)[nH]n3)n2)c1. The third kappa shape index (κ3) is 4.11. The summed E-state index contributed by atoms with van der Waals surface area (Å²) >= 11 is 0. The van der Waals surface area contributed by atoms with Crippen LogP contribution >= 0.6 is 0 Å². The second-order valence-electron chi connectivity index (χ2n) is 5.75. The monoisotopic (exact) mass is 333 g/mol. The van der Waals surface area contributed by atoms with Crippen LogP contribution in [-0.2, 0) is 4.79 Å². The molecule has 0 aliphatic carbocycles. The molecule has 0 aliphatic heterocycles. The molecule has 0 spiro atoms. The molecule has 3 rings (SSSR count). The number of benzene rings is 1. The maximum atomic E-state index is 11.5. The number of hydrogen-bond acceptors (Lipinski definition) is 4. The van der Waals surface area contributed by atoms with Gasteiger partial charge in [0.2, 0.25) is 5.91 Å². The summed E-state index contributed by atoms with van der Waals surface area (Å²) in [5.74, 6) is 1.18. The lowest BCUT2D eigenvalue weighted by Crippen LogP contribution is -2.07. The van der Waals surface area contributed by atoms with Crippen molar-refractivity contribution in [3.63, 3.8) is 0 Å². The van der Waals surface area contributed by atoms with Crippen molar-refractivity contribution < 1.29 is 4.79 Å². The first-order chi connectivity index (χ1) is 12.0. The van der Waals surface area contributed by atoms with Crippen LogP contribution in [0.2, 0.25) is 0 Å². The molecule has 0 radical (unpaired) electrons. The molecular formula is C19H19N5O. The van der Waals surface area contributed by atoms with Crippen molar-refractivity contribution in [2.24, 2.45) is 0 Å². The van der Waals surface area contributed by atoms with Crippen molar-refractivity contribution in [3.05, 3.63) is 66.4 Å². The number of rotatable bonds is 5. The van der Waals surface area contributed by atoms with Gasteiger partial charge in [-0.3, -0.25) is 9.89 Å². The Bertz CT molecular complexity index is 929. The van der Waals surface area contributed by atoms with Crippen LogP contribution in [-0.4, -0.2) is 21.1 Å². The summed E-state index contributed by atoms with van der Waals surface area (Å²) in [5.41, 5.74) is 4.46. The van der Waals surface area contributed by atoms with Gasteiger partial charge in [0.25, 0.3) is 0 Å². The van der Waals surface area contributed by atoms with E-state index in [4.69, 9.17) is 0 Å². The molecular weight excluding hydrogens is 314 g/mol. The first-order valence-corrected chi connectivity index (χ1v) is 7.85. The molecule has 0 atom stereocenters. The number of aryl methyl sites for hydroxylation is 2. The highest BCUT2D eigenvalue weighted by Gasteiger charge is 2.07. The number of carbonyl (C=O) groups is 1. The van der Waals surface area contributed by atoms with E-state index < -0.39 is 0 Å². The number of anilines is 3. The summed E-state index contributed by atoms with van der Waals surface area (Å²) in [6, 6.07) is 13.4. The molecule has 6 heteroatoms. The number of amides is 1. The van der Waals surface area contributed by atoms with Crippen LogP contribution < -0.4 is 10.6 Å². The van der Waals surface area contributed by atoms with Crippen LogP contribution in [0.5, 0.6) is 0 Å². The van der Waals surface area contributed by atoms with E-state index in [0.29, 0.717) is 17.3 Å². The van der Waals surface area contributed by atoms with E-state index in [1.54, 1.807) is 0 Å². The highest BCUT2D eigenvalue weighted by Crippen LogP contribution is 2.25. The highest BCUT2D eigenvalue weighted by atomic mass is 16.1. The van der Waals surface area contributed by atoms with Gasteiger partial charge in [-0.2, -0.15) is 5.10 Å². The Labute approximate surface area is 146 Å². The van der Waals surface area contributed by atoms with Crippen molar-refractivity contribution in [1.29, 1.82) is 0 Å². The normalized spacial score (nSPS) is 10.3. The number of aromatic nitrogens is 3. The number of hydrogen-bond donors (Lipinski definition) is 3. The van der Waals surface area contributed by atoms with Crippen molar-refractivity contribution in [1.82, 2.24) is 15.2 Å². The predicted octanol–water partition coefficient (Wildman–Crippen LogP) is 3.96. The zero-order valence-electron chi connectivity index (χ0n) is 14.1. The predicted molar refractivity (Wildman–Crippen MR) is 99.8 cm³/mol. The summed E-state index contributed by atoms with van der Waals surface area (Å²) in [5, 5.41) is 13.0. The van der Waals surface area contributed by atoms with Gasteiger partial charge in [-0.25, -0.2) is 4.98 Å². The number of carbonyl (C=O) groups excluding carboxylic acids is 1. The lowest BCUT2D eigenvalue weighted by atomic mass is 10.1. The summed E-state index contributed by atoms with van der Waals surface area (Å²) in [4.78, 5) is 16.1. The number of aromatic amines is 1. The zero-order valence-corrected chi connectivity index (χ0v) is 14.1. The van der Waals surface area contributed by atoms with Gasteiger partial charge in [0.1, 0.15) is 5.82 Å². The van der Waals surface area contributed by atoms with Crippen molar-refractivity contribution in [3.8, 4) is 11.3 Å². The van der Waals surface area contributed by atoms with Gasteiger partial charge in [0, 0.05) is 23.0 Å². The smallest absolute Gasteiger partial charge is 0.247 e. The van der Waals surface area contributed by atoms with E-state index in [1.807, 2.05) is 56.3 Å². The maximum Gasteiger partial charge on any atom is 0.247 e. The van der Waals surface area contributed by atoms with E-state index in [1.165, 1.54) is 6.08 Å². The topological polar surface area (TPSA) is 82.7 Å². The zero-order chi connectivity index (χ0) is 17.8. The minimum Gasteiger partial charge on any atom is -0.323 e. The Morgan fingerprint density at radius 3 is 2.72 bits per heavy atom. The standard InChI is InChI=1S/C19H19N5O/c1-4-19(25)20-15-7-5-6-14(11-15)16-8-12(2)9-17(21-16)22-18-10-13(3)23-24-18/h4-11H,1H2,2-3H3,(H,20,25)(H2,21,22,23,24). The van der Waals surface area contributed by atoms with E-state index in [9.17, 15) is 4.79 Å². The van der Waals surface area contributed by atoms with Crippen LogP contribution in [0.4, 0.5) is 17.3 Å². The molecule has 0 fully saturated rings. The molecule has 2 aromatic heterocycles. The quantitative estimate of drug-likeness (QED) is 0.617. The number of pyridine rings is 1. The van der Waals surface area contributed by atoms with E-state index in [0.717, 1.165) is 22.5 Å². The van der Waals surface area contributed by atoms with Crippen LogP contribution in [0.15, 0.2) is 55.1 Å². The third-order valence-electron chi connectivity index (χ3n) is 3.54.